The van der Waals surface area contributed by atoms with Gasteiger partial charge >= 0.3 is 0 Å². The van der Waals surface area contributed by atoms with E-state index >= 15 is 0 Å². The van der Waals surface area contributed by atoms with Crippen LogP contribution >= 0.6 is 11.8 Å². The number of benzene rings is 1. The first kappa shape index (κ1) is 19.3. The van der Waals surface area contributed by atoms with Gasteiger partial charge in [-0.3, -0.25) is 4.79 Å². The first-order valence-corrected chi connectivity index (χ1v) is 11.2. The molecule has 150 valence electrons. The molecular formula is C21H27N3O3S. The van der Waals surface area contributed by atoms with Gasteiger partial charge < -0.3 is 14.1 Å². The molecule has 1 saturated carbocycles. The molecule has 1 aromatic heterocycles. The van der Waals surface area contributed by atoms with Crippen molar-refractivity contribution in [3.63, 3.8) is 0 Å². The van der Waals surface area contributed by atoms with E-state index in [2.05, 4.69) is 10.2 Å². The van der Waals surface area contributed by atoms with Crippen molar-refractivity contribution in [2.24, 2.45) is 11.8 Å². The number of likely N-dealkylation sites (tertiary alicyclic amines) is 1. The molecule has 0 radical (unpaired) electrons. The predicted molar refractivity (Wildman–Crippen MR) is 108 cm³/mol. The maximum atomic E-state index is 12.6. The Hall–Kier alpha value is -2.02. The summed E-state index contributed by atoms with van der Waals surface area (Å²) in [5.41, 5.74) is 0.841. The van der Waals surface area contributed by atoms with Crippen LogP contribution in [0.2, 0.25) is 0 Å². The van der Waals surface area contributed by atoms with Gasteiger partial charge in [0.2, 0.25) is 11.8 Å². The third-order valence-electron chi connectivity index (χ3n) is 5.78. The van der Waals surface area contributed by atoms with Crippen molar-refractivity contribution in [1.82, 2.24) is 15.1 Å². The number of nitrogens with zero attached hydrogens (tertiary/aromatic N) is 3. The van der Waals surface area contributed by atoms with Crippen LogP contribution in [-0.4, -0.2) is 46.5 Å². The average Bonchev–Trinajstić information content (AvgIpc) is 3.21. The molecule has 0 spiro atoms. The number of aromatic nitrogens is 2. The molecule has 6 nitrogen and oxygen atoms in total. The van der Waals surface area contributed by atoms with Gasteiger partial charge in [-0.1, -0.05) is 31.0 Å². The number of hydrogen-bond acceptors (Lipinski definition) is 6. The van der Waals surface area contributed by atoms with Gasteiger partial charge in [-0.25, -0.2) is 0 Å². The highest BCUT2D eigenvalue weighted by Gasteiger charge is 2.32. The zero-order valence-corrected chi connectivity index (χ0v) is 17.1. The molecule has 28 heavy (non-hydrogen) atoms. The molecule has 7 heteroatoms. The van der Waals surface area contributed by atoms with E-state index in [9.17, 15) is 4.79 Å². The highest BCUT2D eigenvalue weighted by Crippen LogP contribution is 2.36. The average molecular weight is 402 g/mol. The van der Waals surface area contributed by atoms with E-state index < -0.39 is 0 Å². The Morgan fingerprint density at radius 3 is 2.75 bits per heavy atom. The molecule has 2 heterocycles. The van der Waals surface area contributed by atoms with Gasteiger partial charge in [0.1, 0.15) is 5.75 Å². The molecule has 1 amide bonds. The smallest absolute Gasteiger partial charge is 0.277 e. The minimum atomic E-state index is 0.176. The zero-order valence-electron chi connectivity index (χ0n) is 16.3. The summed E-state index contributed by atoms with van der Waals surface area (Å²) in [6.45, 7) is 4.40. The highest BCUT2D eigenvalue weighted by molar-refractivity contribution is 7.99. The second kappa shape index (κ2) is 8.99. The minimum Gasteiger partial charge on any atom is -0.494 e. The summed E-state index contributed by atoms with van der Waals surface area (Å²) in [6, 6.07) is 7.56. The van der Waals surface area contributed by atoms with Crippen LogP contribution < -0.4 is 4.74 Å². The van der Waals surface area contributed by atoms with E-state index in [4.69, 9.17) is 9.15 Å². The number of thioether (sulfide) groups is 1. The van der Waals surface area contributed by atoms with Gasteiger partial charge in [0.05, 0.1) is 12.4 Å². The second-order valence-electron chi connectivity index (χ2n) is 7.55. The van der Waals surface area contributed by atoms with E-state index in [0.29, 0.717) is 29.4 Å². The number of amides is 1. The predicted octanol–water partition coefficient (Wildman–Crippen LogP) is 4.27. The number of carbonyl (C=O) groups is 1. The van der Waals surface area contributed by atoms with E-state index in [1.54, 1.807) is 0 Å². The number of fused-ring (bicyclic) bond motifs is 1. The molecular weight excluding hydrogens is 374 g/mol. The standard InChI is InChI=1S/C21H27N3O3S/c1-2-26-18-9-7-16(8-10-18)20-22-23-21(27-20)28-14-19(25)24-12-11-15-5-3-4-6-17(15)13-24/h7-10,15,17H,2-6,11-14H2,1H3/t15-,17-/m0/s1. The van der Waals surface area contributed by atoms with Crippen molar-refractivity contribution in [2.45, 2.75) is 44.3 Å². The first-order valence-electron chi connectivity index (χ1n) is 10.2. The van der Waals surface area contributed by atoms with Crippen LogP contribution in [-0.2, 0) is 4.79 Å². The fourth-order valence-electron chi connectivity index (χ4n) is 4.29. The lowest BCUT2D eigenvalue weighted by molar-refractivity contribution is -0.131. The molecule has 2 aromatic rings. The molecule has 1 aliphatic heterocycles. The van der Waals surface area contributed by atoms with Gasteiger partial charge in [0.25, 0.3) is 5.22 Å². The van der Waals surface area contributed by atoms with Crippen LogP contribution in [0.1, 0.15) is 39.0 Å². The van der Waals surface area contributed by atoms with Gasteiger partial charge in [-0.2, -0.15) is 0 Å². The molecule has 0 bridgehead atoms. The van der Waals surface area contributed by atoms with Crippen molar-refractivity contribution >= 4 is 17.7 Å². The summed E-state index contributed by atoms with van der Waals surface area (Å²) in [5, 5.41) is 8.62. The van der Waals surface area contributed by atoms with Gasteiger partial charge in [0.15, 0.2) is 0 Å². The van der Waals surface area contributed by atoms with E-state index in [0.717, 1.165) is 36.7 Å². The van der Waals surface area contributed by atoms with Crippen LogP contribution in [0.4, 0.5) is 0 Å². The molecule has 2 atom stereocenters. The SMILES string of the molecule is CCOc1ccc(-c2nnc(SCC(=O)N3CC[C@@H]4CCCC[C@H]4C3)o2)cc1. The molecule has 0 N–H and O–H groups in total. The number of piperidine rings is 1. The maximum absolute atomic E-state index is 12.6. The summed E-state index contributed by atoms with van der Waals surface area (Å²) in [7, 11) is 0. The fourth-order valence-corrected chi connectivity index (χ4v) is 4.95. The fraction of sp³-hybridized carbons (Fsp3) is 0.571. The Morgan fingerprint density at radius 1 is 1.18 bits per heavy atom. The van der Waals surface area contributed by atoms with Crippen LogP contribution in [0.3, 0.4) is 0 Å². The van der Waals surface area contributed by atoms with Crippen LogP contribution in [0.15, 0.2) is 33.9 Å². The molecule has 2 fully saturated rings. The zero-order chi connectivity index (χ0) is 19.3. The number of ether oxygens (including phenoxy) is 1. The van der Waals surface area contributed by atoms with Crippen molar-refractivity contribution in [3.8, 4) is 17.2 Å². The van der Waals surface area contributed by atoms with E-state index in [1.165, 1.54) is 37.4 Å². The Labute approximate surface area is 170 Å². The lowest BCUT2D eigenvalue weighted by Gasteiger charge is -2.41. The lowest BCUT2D eigenvalue weighted by atomic mass is 9.75. The highest BCUT2D eigenvalue weighted by atomic mass is 32.2. The second-order valence-corrected chi connectivity index (χ2v) is 8.48. The van der Waals surface area contributed by atoms with Crippen molar-refractivity contribution in [1.29, 1.82) is 0 Å². The van der Waals surface area contributed by atoms with Crippen molar-refractivity contribution in [2.75, 3.05) is 25.4 Å². The van der Waals surface area contributed by atoms with Crippen LogP contribution in [0.25, 0.3) is 11.5 Å². The largest absolute Gasteiger partial charge is 0.494 e. The normalized spacial score (nSPS) is 22.0. The number of rotatable bonds is 6. The lowest BCUT2D eigenvalue weighted by Crippen LogP contribution is -2.45. The van der Waals surface area contributed by atoms with Gasteiger partial charge in [0, 0.05) is 18.7 Å². The minimum absolute atomic E-state index is 0.176. The van der Waals surface area contributed by atoms with Crippen LogP contribution in [0, 0.1) is 11.8 Å². The summed E-state index contributed by atoms with van der Waals surface area (Å²) < 4.78 is 11.2. The van der Waals surface area contributed by atoms with E-state index in [1.807, 2.05) is 36.1 Å². The summed E-state index contributed by atoms with van der Waals surface area (Å²) in [6.07, 6.45) is 6.45. The maximum Gasteiger partial charge on any atom is 0.277 e. The summed E-state index contributed by atoms with van der Waals surface area (Å²) >= 11 is 1.32. The van der Waals surface area contributed by atoms with Crippen molar-refractivity contribution in [3.05, 3.63) is 24.3 Å². The molecule has 2 aliphatic rings. The summed E-state index contributed by atoms with van der Waals surface area (Å²) in [5.74, 6) is 3.33. The third kappa shape index (κ3) is 4.51. The number of hydrogen-bond donors (Lipinski definition) is 0. The van der Waals surface area contributed by atoms with Crippen LogP contribution in [0.5, 0.6) is 5.75 Å². The Morgan fingerprint density at radius 2 is 1.96 bits per heavy atom. The molecule has 0 unspecified atom stereocenters. The molecule has 1 aromatic carbocycles. The molecule has 1 aliphatic carbocycles. The van der Waals surface area contributed by atoms with E-state index in [-0.39, 0.29) is 5.91 Å². The quantitative estimate of drug-likeness (QED) is 0.674. The summed E-state index contributed by atoms with van der Waals surface area (Å²) in [4.78, 5) is 14.7. The molecule has 4 rings (SSSR count). The topological polar surface area (TPSA) is 68.5 Å². The third-order valence-corrected chi connectivity index (χ3v) is 6.58. The Bertz CT molecular complexity index is 792. The Kier molecular flexibility index (Phi) is 6.20. The van der Waals surface area contributed by atoms with Crippen molar-refractivity contribution < 1.29 is 13.9 Å². The first-order chi connectivity index (χ1) is 13.7. The molecule has 1 saturated heterocycles. The Balaban J connectivity index is 1.30. The van der Waals surface area contributed by atoms with Gasteiger partial charge in [-0.05, 0) is 55.9 Å². The van der Waals surface area contributed by atoms with Gasteiger partial charge in [-0.15, -0.1) is 10.2 Å². The monoisotopic (exact) mass is 401 g/mol. The number of carbonyl (C=O) groups excluding carboxylic acids is 1.